The van der Waals surface area contributed by atoms with Crippen molar-refractivity contribution in [1.29, 1.82) is 0 Å². The van der Waals surface area contributed by atoms with E-state index >= 15 is 0 Å². The number of hydrogen-bond donors (Lipinski definition) is 0. The molecule has 1 amide bonds. The number of carbonyl (C=O) groups is 3. The van der Waals surface area contributed by atoms with Gasteiger partial charge in [0.25, 0.3) is 5.91 Å². The summed E-state index contributed by atoms with van der Waals surface area (Å²) in [6, 6.07) is 9.46. The number of benzene rings is 1. The van der Waals surface area contributed by atoms with E-state index < -0.39 is 23.1 Å². The summed E-state index contributed by atoms with van der Waals surface area (Å²) in [5.74, 6) is -1.31. The summed E-state index contributed by atoms with van der Waals surface area (Å²) in [5.41, 5.74) is 0.452. The van der Waals surface area contributed by atoms with Gasteiger partial charge in [0.1, 0.15) is 12.1 Å². The van der Waals surface area contributed by atoms with Crippen molar-refractivity contribution < 1.29 is 19.1 Å². The van der Waals surface area contributed by atoms with Crippen molar-refractivity contribution in [2.24, 2.45) is 11.3 Å². The standard InChI is InChI=1S/C25H37NO4/c1-6-20(16-15-19-12-8-7-9-13-19)30-24(29)21-14-10-11-17-26(21)23(28)22(27)25(4,5)18(2)3/h7-9,12-13,18,20-21H,6,10-11,14-17H2,1-5H3. The smallest absolute Gasteiger partial charge is 0.329 e. The monoisotopic (exact) mass is 415 g/mol. The number of esters is 1. The number of amides is 1. The van der Waals surface area contributed by atoms with Gasteiger partial charge in [0.2, 0.25) is 5.78 Å². The highest BCUT2D eigenvalue weighted by molar-refractivity contribution is 6.38. The average Bonchev–Trinajstić information content (AvgIpc) is 2.75. The Balaban J connectivity index is 2.04. The van der Waals surface area contributed by atoms with Crippen LogP contribution in [0.1, 0.15) is 72.3 Å². The molecule has 1 fully saturated rings. The first kappa shape index (κ1) is 24.1. The van der Waals surface area contributed by atoms with Crippen LogP contribution in [0, 0.1) is 11.3 Å². The quantitative estimate of drug-likeness (QED) is 0.438. The third-order valence-electron chi connectivity index (χ3n) is 6.59. The molecule has 2 unspecified atom stereocenters. The van der Waals surface area contributed by atoms with E-state index in [1.807, 2.05) is 39.0 Å². The molecule has 166 valence electrons. The summed E-state index contributed by atoms with van der Waals surface area (Å²) in [6.45, 7) is 9.90. The van der Waals surface area contributed by atoms with Crippen molar-refractivity contribution in [3.8, 4) is 0 Å². The molecule has 1 aliphatic heterocycles. The second kappa shape index (κ2) is 10.7. The molecule has 30 heavy (non-hydrogen) atoms. The molecule has 0 bridgehead atoms. The summed E-state index contributed by atoms with van der Waals surface area (Å²) in [5, 5.41) is 0. The number of ether oxygens (including phenoxy) is 1. The molecule has 0 spiro atoms. The van der Waals surface area contributed by atoms with Crippen molar-refractivity contribution in [2.75, 3.05) is 6.54 Å². The molecule has 1 heterocycles. The van der Waals surface area contributed by atoms with Gasteiger partial charge in [-0.25, -0.2) is 4.79 Å². The minimum atomic E-state index is -0.759. The molecule has 0 N–H and O–H groups in total. The van der Waals surface area contributed by atoms with Crippen LogP contribution >= 0.6 is 0 Å². The van der Waals surface area contributed by atoms with Gasteiger partial charge in [-0.05, 0) is 50.0 Å². The molecule has 0 saturated carbocycles. The number of Topliss-reactive ketones (excluding diaryl/α,β-unsaturated/α-hetero) is 1. The van der Waals surface area contributed by atoms with Crippen molar-refractivity contribution in [3.63, 3.8) is 0 Å². The van der Waals surface area contributed by atoms with E-state index in [0.717, 1.165) is 32.1 Å². The van der Waals surface area contributed by atoms with Crippen LogP contribution in [0.25, 0.3) is 0 Å². The Labute approximate surface area is 181 Å². The molecule has 1 saturated heterocycles. The van der Waals surface area contributed by atoms with Gasteiger partial charge in [-0.1, -0.05) is 65.0 Å². The van der Waals surface area contributed by atoms with Crippen LogP contribution in [0.5, 0.6) is 0 Å². The second-order valence-electron chi connectivity index (χ2n) is 9.21. The van der Waals surface area contributed by atoms with Crippen LogP contribution in [0.15, 0.2) is 30.3 Å². The van der Waals surface area contributed by atoms with Gasteiger partial charge in [-0.3, -0.25) is 9.59 Å². The topological polar surface area (TPSA) is 63.7 Å². The van der Waals surface area contributed by atoms with E-state index in [1.165, 1.54) is 10.5 Å². The molecule has 1 aliphatic rings. The largest absolute Gasteiger partial charge is 0.461 e. The van der Waals surface area contributed by atoms with Crippen LogP contribution < -0.4 is 0 Å². The highest BCUT2D eigenvalue weighted by atomic mass is 16.5. The van der Waals surface area contributed by atoms with Gasteiger partial charge in [0.05, 0.1) is 0 Å². The van der Waals surface area contributed by atoms with Gasteiger partial charge in [0, 0.05) is 12.0 Å². The number of carbonyl (C=O) groups excluding carboxylic acids is 3. The highest BCUT2D eigenvalue weighted by Crippen LogP contribution is 2.30. The molecule has 0 aliphatic carbocycles. The highest BCUT2D eigenvalue weighted by Gasteiger charge is 2.42. The lowest BCUT2D eigenvalue weighted by Gasteiger charge is -2.37. The van der Waals surface area contributed by atoms with Crippen molar-refractivity contribution in [2.45, 2.75) is 85.3 Å². The van der Waals surface area contributed by atoms with E-state index in [4.69, 9.17) is 4.74 Å². The number of likely N-dealkylation sites (tertiary alicyclic amines) is 1. The second-order valence-corrected chi connectivity index (χ2v) is 9.21. The number of piperidine rings is 1. The van der Waals surface area contributed by atoms with Crippen molar-refractivity contribution >= 4 is 17.7 Å². The number of ketones is 1. The molecule has 0 aromatic heterocycles. The maximum atomic E-state index is 13.0. The molecule has 0 radical (unpaired) electrons. The van der Waals surface area contributed by atoms with Crippen LogP contribution in [0.4, 0.5) is 0 Å². The van der Waals surface area contributed by atoms with E-state index in [1.54, 1.807) is 13.8 Å². The average molecular weight is 416 g/mol. The zero-order valence-corrected chi connectivity index (χ0v) is 19.1. The van der Waals surface area contributed by atoms with E-state index in [0.29, 0.717) is 13.0 Å². The SMILES string of the molecule is CCC(CCc1ccccc1)OC(=O)C1CCCCN1C(=O)C(=O)C(C)(C)C(C)C. The van der Waals surface area contributed by atoms with Crippen molar-refractivity contribution in [1.82, 2.24) is 4.90 Å². The van der Waals surface area contributed by atoms with Gasteiger partial charge in [-0.2, -0.15) is 0 Å². The number of aryl methyl sites for hydroxylation is 1. The van der Waals surface area contributed by atoms with E-state index in [2.05, 4.69) is 12.1 Å². The van der Waals surface area contributed by atoms with Gasteiger partial charge in [0.15, 0.2) is 0 Å². The molecule has 2 atom stereocenters. The van der Waals surface area contributed by atoms with Crippen LogP contribution in [0.3, 0.4) is 0 Å². The lowest BCUT2D eigenvalue weighted by Crippen LogP contribution is -2.54. The maximum absolute atomic E-state index is 13.0. The van der Waals surface area contributed by atoms with E-state index in [-0.39, 0.29) is 18.0 Å². The Kier molecular flexibility index (Phi) is 8.63. The first-order valence-corrected chi connectivity index (χ1v) is 11.3. The Hall–Kier alpha value is -2.17. The third kappa shape index (κ3) is 5.93. The summed E-state index contributed by atoms with van der Waals surface area (Å²) >= 11 is 0. The van der Waals surface area contributed by atoms with Crippen LogP contribution in [-0.2, 0) is 25.5 Å². The summed E-state index contributed by atoms with van der Waals surface area (Å²) in [6.07, 6.45) is 4.31. The predicted molar refractivity (Wildman–Crippen MR) is 118 cm³/mol. The lowest BCUT2D eigenvalue weighted by atomic mass is 9.76. The summed E-state index contributed by atoms with van der Waals surface area (Å²) in [7, 11) is 0. The fourth-order valence-electron chi connectivity index (χ4n) is 3.65. The predicted octanol–water partition coefficient (Wildman–Crippen LogP) is 4.57. The fourth-order valence-corrected chi connectivity index (χ4v) is 3.65. The Morgan fingerprint density at radius 3 is 2.40 bits per heavy atom. The summed E-state index contributed by atoms with van der Waals surface area (Å²) < 4.78 is 5.81. The Morgan fingerprint density at radius 2 is 1.80 bits per heavy atom. The van der Waals surface area contributed by atoms with Crippen LogP contribution in [0.2, 0.25) is 0 Å². The number of nitrogens with zero attached hydrogens (tertiary/aromatic N) is 1. The Morgan fingerprint density at radius 1 is 1.13 bits per heavy atom. The number of rotatable bonds is 9. The molecule has 2 rings (SSSR count). The molecule has 5 nitrogen and oxygen atoms in total. The number of hydrogen-bond acceptors (Lipinski definition) is 4. The minimum absolute atomic E-state index is 0.0339. The molecular weight excluding hydrogens is 378 g/mol. The van der Waals surface area contributed by atoms with Gasteiger partial charge < -0.3 is 9.64 Å². The molecule has 5 heteroatoms. The zero-order valence-electron chi connectivity index (χ0n) is 19.1. The zero-order chi connectivity index (χ0) is 22.3. The molecular formula is C25H37NO4. The first-order chi connectivity index (χ1) is 14.2. The van der Waals surface area contributed by atoms with E-state index in [9.17, 15) is 14.4 Å². The normalized spacial score (nSPS) is 18.2. The molecule has 1 aromatic carbocycles. The first-order valence-electron chi connectivity index (χ1n) is 11.3. The summed E-state index contributed by atoms with van der Waals surface area (Å²) in [4.78, 5) is 40.3. The van der Waals surface area contributed by atoms with Gasteiger partial charge in [-0.15, -0.1) is 0 Å². The molecule has 1 aromatic rings. The van der Waals surface area contributed by atoms with Gasteiger partial charge >= 0.3 is 5.97 Å². The Bertz CT molecular complexity index is 726. The minimum Gasteiger partial charge on any atom is -0.461 e. The fraction of sp³-hybridized carbons (Fsp3) is 0.640. The maximum Gasteiger partial charge on any atom is 0.329 e. The third-order valence-corrected chi connectivity index (χ3v) is 6.59. The van der Waals surface area contributed by atoms with Crippen molar-refractivity contribution in [3.05, 3.63) is 35.9 Å². The lowest BCUT2D eigenvalue weighted by molar-refractivity contribution is -0.164. The van der Waals surface area contributed by atoms with Crippen LogP contribution in [-0.4, -0.2) is 41.3 Å².